The molecular formula is C58H83N3. The number of pyridine rings is 2. The van der Waals surface area contributed by atoms with E-state index < -0.39 is 0 Å². The summed E-state index contributed by atoms with van der Waals surface area (Å²) in [6.45, 7) is 31.8. The van der Waals surface area contributed by atoms with Crippen molar-refractivity contribution in [2.45, 2.75) is 142 Å². The number of nitrogens with zero attached hydrogens (tertiary/aromatic N) is 2. The number of hydrogen-bond acceptors (Lipinski definition) is 3. The SMILES string of the molecule is CC.CC.CC.CC.CC.Cc1cccc2c1CCCN2.Cc1cccc2ccccc12.Cc1cccc2ncccc12.Cc1ccccc1.Cc1ccnc2c1CCCC2. The average Bonchev–Trinajstić information content (AvgIpc) is 3.34. The lowest BCUT2D eigenvalue weighted by molar-refractivity contribution is 0.664. The molecule has 2 aliphatic rings. The second kappa shape index (κ2) is 35.5. The third kappa shape index (κ3) is 20.2. The molecule has 0 unspecified atom stereocenters. The van der Waals surface area contributed by atoms with Gasteiger partial charge in [-0.05, 0) is 142 Å². The maximum Gasteiger partial charge on any atom is 0.0704 e. The smallest absolute Gasteiger partial charge is 0.0704 e. The molecular weight excluding hydrogens is 739 g/mol. The maximum atomic E-state index is 4.38. The minimum atomic E-state index is 1.08. The van der Waals surface area contributed by atoms with Crippen LogP contribution in [-0.4, -0.2) is 16.5 Å². The van der Waals surface area contributed by atoms with Crippen molar-refractivity contribution in [2.24, 2.45) is 0 Å². The van der Waals surface area contributed by atoms with E-state index in [9.17, 15) is 0 Å². The van der Waals surface area contributed by atoms with E-state index >= 15 is 0 Å². The van der Waals surface area contributed by atoms with Crippen molar-refractivity contribution in [2.75, 3.05) is 11.9 Å². The Morgan fingerprint density at radius 2 is 0.918 bits per heavy atom. The van der Waals surface area contributed by atoms with Crippen molar-refractivity contribution in [3.8, 4) is 0 Å². The van der Waals surface area contributed by atoms with Crippen molar-refractivity contribution in [1.82, 2.24) is 9.97 Å². The van der Waals surface area contributed by atoms with Crippen molar-refractivity contribution in [3.05, 3.63) is 184 Å². The van der Waals surface area contributed by atoms with Gasteiger partial charge in [0.25, 0.3) is 0 Å². The highest BCUT2D eigenvalue weighted by molar-refractivity contribution is 5.85. The van der Waals surface area contributed by atoms with E-state index in [1.165, 1.54) is 105 Å². The molecule has 330 valence electrons. The average molecular weight is 822 g/mol. The standard InChI is InChI=1S/C11H10.C10H13N.C10H9N.C10H13N.C7H8.5C2H6/c1-9-5-4-7-10-6-2-3-8-11(9)10;2*1-8-4-2-6-10-9(8)5-3-7-11-10;1-8-6-7-11-10-5-3-2-4-9(8)10;1-7-5-3-2-4-6-7;5*1-2/h2-8H,1H3;2,4,6,11H,3,5,7H2,1H3;2-7H,1H3;6-7H,2-5H2,1H3;2-6H,1H3;5*1-2H3. The molecule has 1 N–H and O–H groups in total. The molecule has 0 spiro atoms. The maximum absolute atomic E-state index is 4.38. The minimum Gasteiger partial charge on any atom is -0.385 e. The minimum absolute atomic E-state index is 1.08. The highest BCUT2D eigenvalue weighted by Gasteiger charge is 2.11. The van der Waals surface area contributed by atoms with Crippen LogP contribution in [-0.2, 0) is 19.3 Å². The molecule has 1 aliphatic heterocycles. The number of nitrogens with one attached hydrogen (secondary N) is 1. The Balaban J connectivity index is 0.000000705. The fraction of sp³-hybridized carbons (Fsp3) is 0.379. The predicted octanol–water partition coefficient (Wildman–Crippen LogP) is 17.4. The first kappa shape index (κ1) is 55.7. The van der Waals surface area contributed by atoms with Gasteiger partial charge in [-0.1, -0.05) is 178 Å². The second-order valence-electron chi connectivity index (χ2n) is 13.5. The zero-order valence-electron chi connectivity index (χ0n) is 41.1. The van der Waals surface area contributed by atoms with Crippen LogP contribution in [0.1, 0.15) is 133 Å². The van der Waals surface area contributed by atoms with Crippen LogP contribution in [0.4, 0.5) is 5.69 Å². The van der Waals surface area contributed by atoms with Gasteiger partial charge in [-0.15, -0.1) is 0 Å². The normalized spacial score (nSPS) is 10.9. The van der Waals surface area contributed by atoms with Gasteiger partial charge in [0, 0.05) is 35.7 Å². The lowest BCUT2D eigenvalue weighted by atomic mass is 9.93. The fourth-order valence-electron chi connectivity index (χ4n) is 6.66. The Labute approximate surface area is 374 Å². The molecule has 0 amide bonds. The van der Waals surface area contributed by atoms with Crippen LogP contribution >= 0.6 is 0 Å². The van der Waals surface area contributed by atoms with E-state index in [0.717, 1.165) is 12.1 Å². The summed E-state index contributed by atoms with van der Waals surface area (Å²) in [5, 5.41) is 7.33. The number of aromatic nitrogens is 2. The van der Waals surface area contributed by atoms with Gasteiger partial charge in [-0.2, -0.15) is 0 Å². The number of benzene rings is 5. The number of fused-ring (bicyclic) bond motifs is 4. The molecule has 3 heterocycles. The highest BCUT2D eigenvalue weighted by atomic mass is 14.9. The molecule has 9 rings (SSSR count). The number of rotatable bonds is 0. The molecule has 0 saturated carbocycles. The van der Waals surface area contributed by atoms with E-state index in [1.54, 1.807) is 0 Å². The number of aryl methyl sites for hydroxylation is 6. The third-order valence-electron chi connectivity index (χ3n) is 9.61. The monoisotopic (exact) mass is 822 g/mol. The van der Waals surface area contributed by atoms with Crippen molar-refractivity contribution in [1.29, 1.82) is 0 Å². The van der Waals surface area contributed by atoms with Gasteiger partial charge < -0.3 is 5.32 Å². The van der Waals surface area contributed by atoms with E-state index in [2.05, 4.69) is 141 Å². The van der Waals surface area contributed by atoms with Crippen LogP contribution in [0.5, 0.6) is 0 Å². The Bertz CT molecular complexity index is 1970. The summed E-state index contributed by atoms with van der Waals surface area (Å²) in [6, 6.07) is 43.9. The van der Waals surface area contributed by atoms with E-state index in [1.807, 2.05) is 118 Å². The van der Waals surface area contributed by atoms with Crippen LogP contribution in [0.15, 0.2) is 140 Å². The Hall–Kier alpha value is -5.28. The third-order valence-corrected chi connectivity index (χ3v) is 9.61. The summed E-state index contributed by atoms with van der Waals surface area (Å²) in [7, 11) is 0. The van der Waals surface area contributed by atoms with Crippen LogP contribution < -0.4 is 5.32 Å². The summed E-state index contributed by atoms with van der Waals surface area (Å²) in [4.78, 5) is 8.62. The summed E-state index contributed by atoms with van der Waals surface area (Å²) in [5.41, 5.74) is 13.6. The predicted molar refractivity (Wildman–Crippen MR) is 277 cm³/mol. The van der Waals surface area contributed by atoms with Gasteiger partial charge >= 0.3 is 0 Å². The van der Waals surface area contributed by atoms with Gasteiger partial charge in [0.15, 0.2) is 0 Å². The number of anilines is 1. The van der Waals surface area contributed by atoms with Crippen LogP contribution in [0.25, 0.3) is 21.7 Å². The van der Waals surface area contributed by atoms with Crippen molar-refractivity contribution in [3.63, 3.8) is 0 Å². The first-order valence-electron chi connectivity index (χ1n) is 23.4. The molecule has 0 fully saturated rings. The van der Waals surface area contributed by atoms with Crippen LogP contribution in [0.2, 0.25) is 0 Å². The zero-order chi connectivity index (χ0) is 45.8. The molecule has 0 radical (unpaired) electrons. The molecule has 7 aromatic rings. The quantitative estimate of drug-likeness (QED) is 0.166. The molecule has 0 atom stereocenters. The molecule has 2 aromatic heterocycles. The molecule has 61 heavy (non-hydrogen) atoms. The molecule has 0 bridgehead atoms. The molecule has 3 nitrogen and oxygen atoms in total. The fourth-order valence-corrected chi connectivity index (χ4v) is 6.66. The summed E-state index contributed by atoms with van der Waals surface area (Å²) < 4.78 is 0. The summed E-state index contributed by atoms with van der Waals surface area (Å²) in [5.74, 6) is 0. The molecule has 0 saturated heterocycles. The van der Waals surface area contributed by atoms with Gasteiger partial charge in [-0.3, -0.25) is 9.97 Å². The number of hydrogen-bond donors (Lipinski definition) is 1. The molecule has 5 aromatic carbocycles. The molecule has 1 aliphatic carbocycles. The topological polar surface area (TPSA) is 37.8 Å². The molecule has 3 heteroatoms. The summed E-state index contributed by atoms with van der Waals surface area (Å²) in [6.07, 6.45) is 11.4. The van der Waals surface area contributed by atoms with Gasteiger partial charge in [0.05, 0.1) is 5.52 Å². The lowest BCUT2D eigenvalue weighted by Gasteiger charge is -2.19. The zero-order valence-corrected chi connectivity index (χ0v) is 41.1. The Morgan fingerprint density at radius 1 is 0.393 bits per heavy atom. The van der Waals surface area contributed by atoms with Gasteiger partial charge in [-0.25, -0.2) is 0 Å². The van der Waals surface area contributed by atoms with Gasteiger partial charge in [0.2, 0.25) is 0 Å². The Kier molecular flexibility index (Phi) is 32.4. The van der Waals surface area contributed by atoms with Gasteiger partial charge in [0.1, 0.15) is 0 Å². The largest absolute Gasteiger partial charge is 0.385 e. The van der Waals surface area contributed by atoms with Crippen LogP contribution in [0, 0.1) is 34.6 Å². The van der Waals surface area contributed by atoms with Crippen LogP contribution in [0.3, 0.4) is 0 Å². The first-order chi connectivity index (χ1) is 29.9. The Morgan fingerprint density at radius 3 is 1.52 bits per heavy atom. The first-order valence-corrected chi connectivity index (χ1v) is 23.4. The lowest BCUT2D eigenvalue weighted by Crippen LogP contribution is -2.12. The van der Waals surface area contributed by atoms with Crippen molar-refractivity contribution < 1.29 is 0 Å². The highest BCUT2D eigenvalue weighted by Crippen LogP contribution is 2.24. The van der Waals surface area contributed by atoms with E-state index in [-0.39, 0.29) is 0 Å². The second-order valence-corrected chi connectivity index (χ2v) is 13.5. The summed E-state index contributed by atoms with van der Waals surface area (Å²) >= 11 is 0. The van der Waals surface area contributed by atoms with Crippen molar-refractivity contribution >= 4 is 27.4 Å². The van der Waals surface area contributed by atoms with E-state index in [0.29, 0.717) is 0 Å². The van der Waals surface area contributed by atoms with E-state index in [4.69, 9.17) is 0 Å².